The third kappa shape index (κ3) is 4.00. The normalized spacial score (nSPS) is 12.7. The Bertz CT molecular complexity index is 268. The van der Waals surface area contributed by atoms with Crippen molar-refractivity contribution in [3.63, 3.8) is 0 Å². The Balaban J connectivity index is 2.53. The van der Waals surface area contributed by atoms with Crippen LogP contribution in [0, 0.1) is 5.82 Å². The van der Waals surface area contributed by atoms with Crippen LogP contribution in [0.4, 0.5) is 4.39 Å². The molecule has 0 heterocycles. The van der Waals surface area contributed by atoms with E-state index in [9.17, 15) is 4.39 Å². The summed E-state index contributed by atoms with van der Waals surface area (Å²) in [4.78, 5) is 0. The lowest BCUT2D eigenvalue weighted by Gasteiger charge is -2.17. The predicted octanol–water partition coefficient (Wildman–Crippen LogP) is 3.67. The molecule has 0 saturated carbocycles. The molecule has 0 aliphatic heterocycles. The van der Waals surface area contributed by atoms with Gasteiger partial charge in [0.1, 0.15) is 5.82 Å². The van der Waals surface area contributed by atoms with Crippen LogP contribution >= 0.6 is 0 Å². The molecule has 84 valence electrons. The second kappa shape index (κ2) is 6.57. The Morgan fingerprint density at radius 1 is 1.20 bits per heavy atom. The first-order valence-electron chi connectivity index (χ1n) is 5.76. The highest BCUT2D eigenvalue weighted by Gasteiger charge is 2.07. The second-order valence-corrected chi connectivity index (χ2v) is 3.82. The van der Waals surface area contributed by atoms with Crippen molar-refractivity contribution in [2.75, 3.05) is 6.54 Å². The fourth-order valence-electron chi connectivity index (χ4n) is 1.65. The van der Waals surface area contributed by atoms with E-state index in [2.05, 4.69) is 19.2 Å². The lowest BCUT2D eigenvalue weighted by Crippen LogP contribution is -2.21. The molecule has 0 amide bonds. The summed E-state index contributed by atoms with van der Waals surface area (Å²) in [5.41, 5.74) is 1.18. The van der Waals surface area contributed by atoms with Crippen LogP contribution in [0.1, 0.15) is 44.7 Å². The summed E-state index contributed by atoms with van der Waals surface area (Å²) in [5, 5.41) is 3.48. The van der Waals surface area contributed by atoms with Gasteiger partial charge < -0.3 is 5.32 Å². The zero-order valence-electron chi connectivity index (χ0n) is 9.59. The van der Waals surface area contributed by atoms with Crippen molar-refractivity contribution in [1.29, 1.82) is 0 Å². The van der Waals surface area contributed by atoms with Crippen molar-refractivity contribution in [3.05, 3.63) is 35.6 Å². The third-order valence-electron chi connectivity index (χ3n) is 2.60. The van der Waals surface area contributed by atoms with Gasteiger partial charge in [0.25, 0.3) is 0 Å². The molecule has 1 rings (SSSR count). The molecule has 0 saturated heterocycles. The fraction of sp³-hybridized carbons (Fsp3) is 0.538. The first kappa shape index (κ1) is 12.2. The van der Waals surface area contributed by atoms with E-state index in [1.165, 1.54) is 30.5 Å². The quantitative estimate of drug-likeness (QED) is 0.705. The van der Waals surface area contributed by atoms with Crippen molar-refractivity contribution in [2.45, 2.75) is 39.2 Å². The highest BCUT2D eigenvalue weighted by molar-refractivity contribution is 5.19. The van der Waals surface area contributed by atoms with E-state index in [4.69, 9.17) is 0 Å². The summed E-state index contributed by atoms with van der Waals surface area (Å²) in [6.45, 7) is 5.36. The Morgan fingerprint density at radius 3 is 2.40 bits per heavy atom. The molecule has 0 spiro atoms. The molecule has 1 aromatic rings. The Kier molecular flexibility index (Phi) is 5.33. The summed E-state index contributed by atoms with van der Waals surface area (Å²) in [6, 6.07) is 7.14. The topological polar surface area (TPSA) is 12.0 Å². The lowest BCUT2D eigenvalue weighted by molar-refractivity contribution is 0.507. The minimum Gasteiger partial charge on any atom is -0.310 e. The molecule has 0 radical (unpaired) electrons. The Morgan fingerprint density at radius 2 is 1.87 bits per heavy atom. The summed E-state index contributed by atoms with van der Waals surface area (Å²) < 4.78 is 12.7. The number of benzene rings is 1. The van der Waals surface area contributed by atoms with Crippen LogP contribution in [0.3, 0.4) is 0 Å². The van der Waals surface area contributed by atoms with E-state index in [0.717, 1.165) is 13.0 Å². The standard InChI is InChI=1S/C13H20FN/c1-3-5-10-15-13(4-2)11-6-8-12(14)9-7-11/h6-9,13,15H,3-5,10H2,1-2H3/t13-/m1/s1. The third-order valence-corrected chi connectivity index (χ3v) is 2.60. The average Bonchev–Trinajstić information content (AvgIpc) is 2.26. The van der Waals surface area contributed by atoms with Gasteiger partial charge in [0.2, 0.25) is 0 Å². The van der Waals surface area contributed by atoms with Gasteiger partial charge in [0.15, 0.2) is 0 Å². The zero-order chi connectivity index (χ0) is 11.1. The number of hydrogen-bond donors (Lipinski definition) is 1. The first-order valence-corrected chi connectivity index (χ1v) is 5.76. The van der Waals surface area contributed by atoms with Crippen molar-refractivity contribution < 1.29 is 4.39 Å². The van der Waals surface area contributed by atoms with Crippen molar-refractivity contribution in [3.8, 4) is 0 Å². The smallest absolute Gasteiger partial charge is 0.123 e. The highest BCUT2D eigenvalue weighted by Crippen LogP contribution is 2.16. The number of halogens is 1. The van der Waals surface area contributed by atoms with Crippen LogP contribution in [0.25, 0.3) is 0 Å². The van der Waals surface area contributed by atoms with Crippen LogP contribution < -0.4 is 5.32 Å². The molecule has 1 nitrogen and oxygen atoms in total. The SMILES string of the molecule is CCCCN[C@H](CC)c1ccc(F)cc1. The zero-order valence-corrected chi connectivity index (χ0v) is 9.59. The maximum absolute atomic E-state index is 12.7. The number of unbranched alkanes of at least 4 members (excludes halogenated alkanes) is 1. The van der Waals surface area contributed by atoms with Crippen LogP contribution in [-0.4, -0.2) is 6.54 Å². The van der Waals surface area contributed by atoms with Gasteiger partial charge in [0.05, 0.1) is 0 Å². The molecule has 1 atom stereocenters. The molecule has 15 heavy (non-hydrogen) atoms. The molecular formula is C13H20FN. The van der Waals surface area contributed by atoms with Gasteiger partial charge in [-0.3, -0.25) is 0 Å². The first-order chi connectivity index (χ1) is 7.27. The van der Waals surface area contributed by atoms with E-state index < -0.39 is 0 Å². The molecule has 1 aromatic carbocycles. The average molecular weight is 209 g/mol. The maximum Gasteiger partial charge on any atom is 0.123 e. The van der Waals surface area contributed by atoms with Gasteiger partial charge >= 0.3 is 0 Å². The molecule has 1 N–H and O–H groups in total. The summed E-state index contributed by atoms with van der Waals surface area (Å²) in [6.07, 6.45) is 3.43. The molecule has 0 aliphatic carbocycles. The number of hydrogen-bond acceptors (Lipinski definition) is 1. The minimum absolute atomic E-state index is 0.165. The number of nitrogens with one attached hydrogen (secondary N) is 1. The van der Waals surface area contributed by atoms with Crippen molar-refractivity contribution in [2.24, 2.45) is 0 Å². The van der Waals surface area contributed by atoms with E-state index in [1.54, 1.807) is 0 Å². The van der Waals surface area contributed by atoms with Crippen LogP contribution in [0.2, 0.25) is 0 Å². The molecule has 0 aliphatic rings. The van der Waals surface area contributed by atoms with E-state index in [0.29, 0.717) is 6.04 Å². The number of rotatable bonds is 6. The minimum atomic E-state index is -0.165. The molecular weight excluding hydrogens is 189 g/mol. The Hall–Kier alpha value is -0.890. The van der Waals surface area contributed by atoms with E-state index in [-0.39, 0.29) is 5.82 Å². The van der Waals surface area contributed by atoms with Crippen LogP contribution in [-0.2, 0) is 0 Å². The van der Waals surface area contributed by atoms with Gasteiger partial charge in [-0.05, 0) is 37.1 Å². The second-order valence-electron chi connectivity index (χ2n) is 3.82. The maximum atomic E-state index is 12.7. The monoisotopic (exact) mass is 209 g/mol. The highest BCUT2D eigenvalue weighted by atomic mass is 19.1. The molecule has 0 bridgehead atoms. The summed E-state index contributed by atoms with van der Waals surface area (Å²) in [5.74, 6) is -0.165. The predicted molar refractivity (Wildman–Crippen MR) is 62.3 cm³/mol. The summed E-state index contributed by atoms with van der Waals surface area (Å²) >= 11 is 0. The molecule has 0 fully saturated rings. The molecule has 2 heteroatoms. The lowest BCUT2D eigenvalue weighted by atomic mass is 10.0. The van der Waals surface area contributed by atoms with Gasteiger partial charge in [-0.1, -0.05) is 32.4 Å². The van der Waals surface area contributed by atoms with Gasteiger partial charge in [0, 0.05) is 6.04 Å². The van der Waals surface area contributed by atoms with E-state index >= 15 is 0 Å². The van der Waals surface area contributed by atoms with Crippen LogP contribution in [0.5, 0.6) is 0 Å². The Labute approximate surface area is 91.7 Å². The fourth-order valence-corrected chi connectivity index (χ4v) is 1.65. The van der Waals surface area contributed by atoms with Gasteiger partial charge in [-0.15, -0.1) is 0 Å². The van der Waals surface area contributed by atoms with Crippen LogP contribution in [0.15, 0.2) is 24.3 Å². The largest absolute Gasteiger partial charge is 0.310 e. The summed E-state index contributed by atoms with van der Waals surface area (Å²) in [7, 11) is 0. The van der Waals surface area contributed by atoms with Gasteiger partial charge in [-0.2, -0.15) is 0 Å². The van der Waals surface area contributed by atoms with Gasteiger partial charge in [-0.25, -0.2) is 4.39 Å². The molecule has 0 unspecified atom stereocenters. The van der Waals surface area contributed by atoms with E-state index in [1.807, 2.05) is 12.1 Å². The van der Waals surface area contributed by atoms with Crippen molar-refractivity contribution >= 4 is 0 Å². The molecule has 0 aromatic heterocycles. The van der Waals surface area contributed by atoms with Crippen molar-refractivity contribution in [1.82, 2.24) is 5.32 Å².